The lowest BCUT2D eigenvalue weighted by molar-refractivity contribution is 0.311. The molecule has 0 aromatic carbocycles. The maximum Gasteiger partial charge on any atom is 0.0862 e. The van der Waals surface area contributed by atoms with Crippen LogP contribution in [0.1, 0.15) is 34.1 Å². The second-order valence-electron chi connectivity index (χ2n) is 4.35. The smallest absolute Gasteiger partial charge is 0.0862 e. The molecule has 66 valence electrons. The second-order valence-corrected chi connectivity index (χ2v) is 5.37. The van der Waals surface area contributed by atoms with E-state index in [0.29, 0.717) is 6.54 Å². The van der Waals surface area contributed by atoms with Crippen LogP contribution in [0.5, 0.6) is 0 Å². The van der Waals surface area contributed by atoms with Gasteiger partial charge in [0, 0.05) is 4.87 Å². The molecule has 0 N–H and O–H groups in total. The second kappa shape index (κ2) is 3.53. The van der Waals surface area contributed by atoms with Gasteiger partial charge < -0.3 is 0 Å². The van der Waals surface area contributed by atoms with Crippen LogP contribution in [0.4, 0.5) is 0 Å². The third kappa shape index (κ3) is 6.29. The summed E-state index contributed by atoms with van der Waals surface area (Å²) in [5.41, 5.74) is -0.0764. The summed E-state index contributed by atoms with van der Waals surface area (Å²) in [4.78, 5) is 9.77. The number of nitroso groups, excluding NO2 is 1. The molecule has 0 saturated carbocycles. The molecule has 0 aromatic heterocycles. The molecule has 0 aliphatic rings. The van der Waals surface area contributed by atoms with Crippen molar-refractivity contribution in [3.05, 3.63) is 4.91 Å². The minimum absolute atomic E-state index is 0.0764. The van der Waals surface area contributed by atoms with Gasteiger partial charge in [0.05, 0.1) is 6.54 Å². The molecule has 0 aromatic rings. The topological polar surface area (TPSA) is 29.4 Å². The molecular weight excluding hydrogens is 162 g/mol. The van der Waals surface area contributed by atoms with E-state index < -0.39 is 0 Å². The quantitative estimate of drug-likeness (QED) is 0.479. The summed E-state index contributed by atoms with van der Waals surface area (Å²) in [7, 11) is 0. The third-order valence-corrected chi connectivity index (χ3v) is 1.53. The lowest BCUT2D eigenvalue weighted by Crippen LogP contribution is -2.25. The van der Waals surface area contributed by atoms with E-state index in [4.69, 9.17) is 11.6 Å². The largest absolute Gasteiger partial charge is 0.151 e. The lowest BCUT2D eigenvalue weighted by Gasteiger charge is -2.28. The van der Waals surface area contributed by atoms with Gasteiger partial charge in [0.2, 0.25) is 0 Å². The fourth-order valence-electron chi connectivity index (χ4n) is 1.37. The molecule has 3 heteroatoms. The minimum atomic E-state index is -0.242. The fraction of sp³-hybridized carbons (Fsp3) is 1.00. The number of halogens is 1. The summed E-state index contributed by atoms with van der Waals surface area (Å²) in [5.74, 6) is 0. The first-order valence-electron chi connectivity index (χ1n) is 3.75. The molecule has 0 spiro atoms. The van der Waals surface area contributed by atoms with Crippen molar-refractivity contribution >= 4 is 11.6 Å². The molecule has 0 unspecified atom stereocenters. The van der Waals surface area contributed by atoms with E-state index in [9.17, 15) is 4.91 Å². The molecule has 0 radical (unpaired) electrons. The highest BCUT2D eigenvalue weighted by Crippen LogP contribution is 2.31. The summed E-state index contributed by atoms with van der Waals surface area (Å²) in [5, 5.41) is 2.88. The first-order valence-corrected chi connectivity index (χ1v) is 4.13. The van der Waals surface area contributed by atoms with Gasteiger partial charge in [-0.15, -0.1) is 11.6 Å². The minimum Gasteiger partial charge on any atom is -0.151 e. The van der Waals surface area contributed by atoms with E-state index in [1.165, 1.54) is 0 Å². The Labute approximate surface area is 73.3 Å². The predicted molar refractivity (Wildman–Crippen MR) is 49.0 cm³/mol. The zero-order chi connectivity index (χ0) is 9.12. The van der Waals surface area contributed by atoms with Crippen molar-refractivity contribution in [3.63, 3.8) is 0 Å². The first kappa shape index (κ1) is 10.9. The van der Waals surface area contributed by atoms with Gasteiger partial charge in [0.15, 0.2) is 0 Å². The molecule has 0 aliphatic carbocycles. The van der Waals surface area contributed by atoms with Gasteiger partial charge >= 0.3 is 0 Å². The normalized spacial score (nSPS) is 13.2. The van der Waals surface area contributed by atoms with Gasteiger partial charge in [-0.2, -0.15) is 4.91 Å². The van der Waals surface area contributed by atoms with Gasteiger partial charge in [0.25, 0.3) is 0 Å². The fourth-order valence-corrected chi connectivity index (χ4v) is 1.73. The highest BCUT2D eigenvalue weighted by Gasteiger charge is 2.27. The third-order valence-electron chi connectivity index (χ3n) is 1.39. The van der Waals surface area contributed by atoms with Crippen molar-refractivity contribution in [1.82, 2.24) is 0 Å². The molecule has 0 aliphatic heterocycles. The van der Waals surface area contributed by atoms with Crippen LogP contribution in [0.2, 0.25) is 0 Å². The molecular formula is C8H16ClNO. The van der Waals surface area contributed by atoms with E-state index in [-0.39, 0.29) is 10.3 Å². The standard InChI is InChI=1S/C8H16ClNO/c1-7(2,6-10-11)5-8(3,4)9/h5-6H2,1-4H3. The van der Waals surface area contributed by atoms with Crippen LogP contribution < -0.4 is 0 Å². The molecule has 0 heterocycles. The molecule has 0 fully saturated rings. The Morgan fingerprint density at radius 1 is 1.27 bits per heavy atom. The Morgan fingerprint density at radius 2 is 1.73 bits per heavy atom. The van der Waals surface area contributed by atoms with E-state index in [0.717, 1.165) is 6.42 Å². The van der Waals surface area contributed by atoms with Crippen molar-refractivity contribution in [2.75, 3.05) is 6.54 Å². The van der Waals surface area contributed by atoms with Crippen LogP contribution in [-0.2, 0) is 0 Å². The van der Waals surface area contributed by atoms with Crippen molar-refractivity contribution in [1.29, 1.82) is 0 Å². The van der Waals surface area contributed by atoms with Crippen molar-refractivity contribution in [2.45, 2.75) is 39.0 Å². The average Bonchev–Trinajstić information content (AvgIpc) is 1.55. The Hall–Kier alpha value is -0.110. The van der Waals surface area contributed by atoms with E-state index in [1.807, 2.05) is 27.7 Å². The summed E-state index contributed by atoms with van der Waals surface area (Å²) < 4.78 is 0. The van der Waals surface area contributed by atoms with Crippen LogP contribution in [0.3, 0.4) is 0 Å². The summed E-state index contributed by atoms with van der Waals surface area (Å²) >= 11 is 6.01. The molecule has 0 atom stereocenters. The molecule has 0 amide bonds. The highest BCUT2D eigenvalue weighted by atomic mass is 35.5. The van der Waals surface area contributed by atoms with Crippen LogP contribution in [-0.4, -0.2) is 11.4 Å². The summed E-state index contributed by atoms with van der Waals surface area (Å²) in [6, 6.07) is 0. The van der Waals surface area contributed by atoms with Gasteiger partial charge in [0.1, 0.15) is 0 Å². The molecule has 2 nitrogen and oxygen atoms in total. The number of rotatable bonds is 4. The summed E-state index contributed by atoms with van der Waals surface area (Å²) in [6.45, 7) is 8.22. The SMILES string of the molecule is CC(C)(Cl)CC(C)(C)CN=O. The van der Waals surface area contributed by atoms with Crippen molar-refractivity contribution in [2.24, 2.45) is 10.6 Å². The predicted octanol–water partition coefficient (Wildman–Crippen LogP) is 3.19. The molecule has 11 heavy (non-hydrogen) atoms. The zero-order valence-electron chi connectivity index (χ0n) is 7.65. The van der Waals surface area contributed by atoms with Gasteiger partial charge in [-0.3, -0.25) is 0 Å². The molecule has 0 saturated heterocycles. The number of hydrogen-bond donors (Lipinski definition) is 0. The zero-order valence-corrected chi connectivity index (χ0v) is 8.40. The Balaban J connectivity index is 4.00. The van der Waals surface area contributed by atoms with Crippen molar-refractivity contribution < 1.29 is 0 Å². The van der Waals surface area contributed by atoms with Crippen LogP contribution in [0.25, 0.3) is 0 Å². The van der Waals surface area contributed by atoms with Crippen LogP contribution >= 0.6 is 11.6 Å². The van der Waals surface area contributed by atoms with Gasteiger partial charge in [-0.1, -0.05) is 19.0 Å². The molecule has 0 rings (SSSR count). The average molecular weight is 178 g/mol. The first-order chi connectivity index (χ1) is 4.77. The lowest BCUT2D eigenvalue weighted by atomic mass is 9.84. The monoisotopic (exact) mass is 177 g/mol. The Kier molecular flexibility index (Phi) is 3.49. The van der Waals surface area contributed by atoms with Gasteiger partial charge in [-0.25, -0.2) is 0 Å². The maximum absolute atomic E-state index is 10.0. The van der Waals surface area contributed by atoms with Crippen LogP contribution in [0, 0.1) is 10.3 Å². The number of alkyl halides is 1. The van der Waals surface area contributed by atoms with E-state index in [1.54, 1.807) is 0 Å². The Morgan fingerprint density at radius 3 is 2.00 bits per heavy atom. The number of hydrogen-bond acceptors (Lipinski definition) is 2. The van der Waals surface area contributed by atoms with Gasteiger partial charge in [-0.05, 0) is 25.7 Å². The molecule has 0 bridgehead atoms. The van der Waals surface area contributed by atoms with E-state index in [2.05, 4.69) is 5.18 Å². The van der Waals surface area contributed by atoms with E-state index >= 15 is 0 Å². The summed E-state index contributed by atoms with van der Waals surface area (Å²) in [6.07, 6.45) is 0.799. The van der Waals surface area contributed by atoms with Crippen LogP contribution in [0.15, 0.2) is 5.18 Å². The highest BCUT2D eigenvalue weighted by molar-refractivity contribution is 6.23. The number of nitrogens with zero attached hydrogens (tertiary/aromatic N) is 1. The maximum atomic E-state index is 10.0. The van der Waals surface area contributed by atoms with Crippen molar-refractivity contribution in [3.8, 4) is 0 Å². The Bertz CT molecular complexity index is 138.